The van der Waals surface area contributed by atoms with E-state index >= 15 is 0 Å². The van der Waals surface area contributed by atoms with Crippen molar-refractivity contribution in [1.29, 1.82) is 0 Å². The van der Waals surface area contributed by atoms with Crippen molar-refractivity contribution >= 4 is 5.97 Å². The third-order valence-corrected chi connectivity index (χ3v) is 3.07. The van der Waals surface area contributed by atoms with E-state index in [0.29, 0.717) is 24.7 Å². The third-order valence-electron chi connectivity index (χ3n) is 3.07. The molecule has 0 aliphatic heterocycles. The molecule has 1 aromatic heterocycles. The van der Waals surface area contributed by atoms with Gasteiger partial charge in [0.15, 0.2) is 5.89 Å². The number of hydrogen-bond donors (Lipinski definition) is 1. The number of ether oxygens (including phenoxy) is 1. The smallest absolute Gasteiger partial charge is 0.307 e. The summed E-state index contributed by atoms with van der Waals surface area (Å²) in [5.41, 5.74) is 1.66. The Labute approximate surface area is 137 Å². The molecule has 2 rings (SSSR count). The van der Waals surface area contributed by atoms with Crippen molar-refractivity contribution in [3.05, 3.63) is 47.2 Å². The number of benzene rings is 1. The molecule has 23 heavy (non-hydrogen) atoms. The normalized spacial score (nSPS) is 9.91. The molecule has 126 valence electrons. The van der Waals surface area contributed by atoms with Crippen molar-refractivity contribution in [1.82, 2.24) is 4.98 Å². The molecule has 0 amide bonds. The van der Waals surface area contributed by atoms with Gasteiger partial charge in [0.05, 0.1) is 18.7 Å². The second-order valence-electron chi connectivity index (χ2n) is 4.77. The summed E-state index contributed by atoms with van der Waals surface area (Å²) in [4.78, 5) is 15.0. The molecule has 1 N–H and O–H groups in total. The maximum atomic E-state index is 10.7. The van der Waals surface area contributed by atoms with Gasteiger partial charge in [0, 0.05) is 19.8 Å². The van der Waals surface area contributed by atoms with Crippen LogP contribution in [0.4, 0.5) is 0 Å². The van der Waals surface area contributed by atoms with Gasteiger partial charge in [-0.2, -0.15) is 0 Å². The Morgan fingerprint density at radius 1 is 1.35 bits per heavy atom. The van der Waals surface area contributed by atoms with E-state index in [1.807, 2.05) is 33.8 Å². The van der Waals surface area contributed by atoms with E-state index in [1.54, 1.807) is 18.2 Å². The molecule has 0 fully saturated rings. The highest BCUT2D eigenvalue weighted by molar-refractivity contribution is 5.70. The average Bonchev–Trinajstić information content (AvgIpc) is 2.89. The highest BCUT2D eigenvalue weighted by Crippen LogP contribution is 2.16. The number of carboxylic acids is 1. The van der Waals surface area contributed by atoms with Crippen molar-refractivity contribution < 1.29 is 19.1 Å². The molecule has 0 radical (unpaired) electrons. The number of oxazole rings is 1. The summed E-state index contributed by atoms with van der Waals surface area (Å²) in [5, 5.41) is 8.78. The predicted octanol–water partition coefficient (Wildman–Crippen LogP) is 3.82. The minimum absolute atomic E-state index is 0.000334. The molecule has 0 unspecified atom stereocenters. The first-order valence-electron chi connectivity index (χ1n) is 7.97. The van der Waals surface area contributed by atoms with E-state index < -0.39 is 5.97 Å². The number of aryl methyl sites for hydroxylation is 2. The lowest BCUT2D eigenvalue weighted by Gasteiger charge is -2.07. The quantitative estimate of drug-likeness (QED) is 0.840. The minimum atomic E-state index is -0.849. The third kappa shape index (κ3) is 6.14. The molecule has 2 aromatic rings. The standard InChI is InChI=1S/C16H19NO4.C2H6/c1-3-15-14(17-11(2)21-15)7-8-20-13-6-4-5-12(9-13)10-16(18)19;1-2/h4-6,9H,3,7-8,10H2,1-2H3,(H,18,19);1-2H3. The van der Waals surface area contributed by atoms with E-state index in [9.17, 15) is 4.79 Å². The summed E-state index contributed by atoms with van der Waals surface area (Å²) in [6.45, 7) is 8.34. The lowest BCUT2D eigenvalue weighted by Crippen LogP contribution is -2.04. The summed E-state index contributed by atoms with van der Waals surface area (Å²) in [5.74, 6) is 1.39. The maximum Gasteiger partial charge on any atom is 0.307 e. The number of aliphatic carboxylic acids is 1. The van der Waals surface area contributed by atoms with Crippen molar-refractivity contribution in [2.24, 2.45) is 0 Å². The molecule has 0 spiro atoms. The molecule has 5 nitrogen and oxygen atoms in total. The molecule has 1 aromatic carbocycles. The van der Waals surface area contributed by atoms with Gasteiger partial charge in [0.25, 0.3) is 0 Å². The summed E-state index contributed by atoms with van der Waals surface area (Å²) < 4.78 is 11.2. The van der Waals surface area contributed by atoms with Crippen molar-refractivity contribution in [2.75, 3.05) is 6.61 Å². The van der Waals surface area contributed by atoms with Crippen LogP contribution < -0.4 is 4.74 Å². The van der Waals surface area contributed by atoms with E-state index in [4.69, 9.17) is 14.3 Å². The van der Waals surface area contributed by atoms with Gasteiger partial charge in [-0.15, -0.1) is 0 Å². The van der Waals surface area contributed by atoms with Gasteiger partial charge in [-0.05, 0) is 17.7 Å². The Bertz CT molecular complexity index is 619. The minimum Gasteiger partial charge on any atom is -0.493 e. The fourth-order valence-electron chi connectivity index (χ4n) is 2.17. The molecule has 0 saturated carbocycles. The highest BCUT2D eigenvalue weighted by atomic mass is 16.5. The first-order valence-corrected chi connectivity index (χ1v) is 7.97. The Kier molecular flexibility index (Phi) is 7.88. The zero-order valence-electron chi connectivity index (χ0n) is 14.3. The van der Waals surface area contributed by atoms with Crippen LogP contribution in [-0.4, -0.2) is 22.7 Å². The maximum absolute atomic E-state index is 10.7. The molecular formula is C18H25NO4. The van der Waals surface area contributed by atoms with Gasteiger partial charge in [-0.25, -0.2) is 4.98 Å². The molecule has 0 bridgehead atoms. The molecule has 0 aliphatic carbocycles. The largest absolute Gasteiger partial charge is 0.493 e. The molecule has 5 heteroatoms. The molecule has 0 saturated heterocycles. The molecular weight excluding hydrogens is 294 g/mol. The van der Waals surface area contributed by atoms with Crippen LogP contribution in [0.5, 0.6) is 5.75 Å². The lowest BCUT2D eigenvalue weighted by molar-refractivity contribution is -0.136. The van der Waals surface area contributed by atoms with E-state index in [-0.39, 0.29) is 6.42 Å². The Hall–Kier alpha value is -2.30. The number of carboxylic acid groups (broad SMARTS) is 1. The van der Waals surface area contributed by atoms with E-state index in [0.717, 1.165) is 23.4 Å². The van der Waals surface area contributed by atoms with Crippen molar-refractivity contribution in [3.8, 4) is 5.75 Å². The Balaban J connectivity index is 0.00000127. The lowest BCUT2D eigenvalue weighted by atomic mass is 10.1. The Morgan fingerprint density at radius 3 is 2.74 bits per heavy atom. The topological polar surface area (TPSA) is 72.6 Å². The van der Waals surface area contributed by atoms with Crippen LogP contribution in [0.2, 0.25) is 0 Å². The number of carbonyl (C=O) groups is 1. The van der Waals surface area contributed by atoms with Crippen LogP contribution in [0.1, 0.15) is 43.7 Å². The zero-order valence-corrected chi connectivity index (χ0v) is 14.3. The fourth-order valence-corrected chi connectivity index (χ4v) is 2.17. The number of rotatable bonds is 7. The SMILES string of the molecule is CC.CCc1oc(C)nc1CCOc1cccc(CC(=O)O)c1. The number of hydrogen-bond acceptors (Lipinski definition) is 4. The van der Waals surface area contributed by atoms with Crippen LogP contribution in [0, 0.1) is 6.92 Å². The summed E-state index contributed by atoms with van der Waals surface area (Å²) in [6.07, 6.45) is 1.48. The Morgan fingerprint density at radius 2 is 2.09 bits per heavy atom. The van der Waals surface area contributed by atoms with Crippen LogP contribution in [0.3, 0.4) is 0 Å². The summed E-state index contributed by atoms with van der Waals surface area (Å²) >= 11 is 0. The van der Waals surface area contributed by atoms with Crippen LogP contribution in [0.15, 0.2) is 28.7 Å². The monoisotopic (exact) mass is 319 g/mol. The predicted molar refractivity (Wildman–Crippen MR) is 88.9 cm³/mol. The van der Waals surface area contributed by atoms with Gasteiger partial charge in [0.1, 0.15) is 11.5 Å². The zero-order chi connectivity index (χ0) is 17.2. The molecule has 0 aliphatic rings. The second-order valence-corrected chi connectivity index (χ2v) is 4.77. The fraction of sp³-hybridized carbons (Fsp3) is 0.444. The number of aromatic nitrogens is 1. The highest BCUT2D eigenvalue weighted by Gasteiger charge is 2.09. The van der Waals surface area contributed by atoms with Crippen LogP contribution >= 0.6 is 0 Å². The summed E-state index contributed by atoms with van der Waals surface area (Å²) in [7, 11) is 0. The summed E-state index contributed by atoms with van der Waals surface area (Å²) in [6, 6.07) is 7.14. The van der Waals surface area contributed by atoms with E-state index in [2.05, 4.69) is 4.98 Å². The first-order chi connectivity index (χ1) is 11.1. The molecule has 1 heterocycles. The average molecular weight is 319 g/mol. The van der Waals surface area contributed by atoms with Crippen LogP contribution in [-0.2, 0) is 24.1 Å². The van der Waals surface area contributed by atoms with Crippen molar-refractivity contribution in [3.63, 3.8) is 0 Å². The number of nitrogens with zero attached hydrogens (tertiary/aromatic N) is 1. The van der Waals surface area contributed by atoms with E-state index in [1.165, 1.54) is 0 Å². The second kappa shape index (κ2) is 9.66. The van der Waals surface area contributed by atoms with Gasteiger partial charge in [0.2, 0.25) is 0 Å². The first kappa shape index (κ1) is 18.7. The van der Waals surface area contributed by atoms with Gasteiger partial charge in [-0.1, -0.05) is 32.9 Å². The van der Waals surface area contributed by atoms with Gasteiger partial charge >= 0.3 is 5.97 Å². The van der Waals surface area contributed by atoms with Gasteiger partial charge in [-0.3, -0.25) is 4.79 Å². The van der Waals surface area contributed by atoms with Gasteiger partial charge < -0.3 is 14.3 Å². The van der Waals surface area contributed by atoms with Crippen LogP contribution in [0.25, 0.3) is 0 Å². The molecule has 0 atom stereocenters. The van der Waals surface area contributed by atoms with Crippen molar-refractivity contribution in [2.45, 2.75) is 47.0 Å².